The fourth-order valence-electron chi connectivity index (χ4n) is 1.91. The van der Waals surface area contributed by atoms with Crippen LogP contribution in [0.2, 0.25) is 0 Å². The highest BCUT2D eigenvalue weighted by Crippen LogP contribution is 2.21. The molecule has 0 aliphatic carbocycles. The zero-order chi connectivity index (χ0) is 11.8. The van der Waals surface area contributed by atoms with Crippen LogP contribution in [0.5, 0.6) is 0 Å². The summed E-state index contributed by atoms with van der Waals surface area (Å²) in [5, 5.41) is 1.93. The molecule has 1 aromatic rings. The fraction of sp³-hybridized carbons (Fsp3) is 0.500. The molecule has 0 spiro atoms. The molecule has 90 valence electrons. The van der Waals surface area contributed by atoms with Crippen LogP contribution in [-0.2, 0) is 11.4 Å². The topological polar surface area (TPSA) is 64.4 Å². The first kappa shape index (κ1) is 10.8. The molecule has 2 aliphatic heterocycles. The predicted molar refractivity (Wildman–Crippen MR) is 60.8 cm³/mol. The van der Waals surface area contributed by atoms with Gasteiger partial charge in [0, 0.05) is 18.5 Å². The van der Waals surface area contributed by atoms with Crippen LogP contribution in [-0.4, -0.2) is 39.4 Å². The molecule has 0 unspecified atom stereocenters. The van der Waals surface area contributed by atoms with Crippen LogP contribution in [0.15, 0.2) is 16.1 Å². The summed E-state index contributed by atoms with van der Waals surface area (Å²) in [5.41, 5.74) is -0.168. The van der Waals surface area contributed by atoms with Gasteiger partial charge in [0.2, 0.25) is 0 Å². The van der Waals surface area contributed by atoms with Gasteiger partial charge in [-0.2, -0.15) is 0 Å². The van der Waals surface area contributed by atoms with Crippen LogP contribution < -0.4 is 5.56 Å². The van der Waals surface area contributed by atoms with Gasteiger partial charge in [0.1, 0.15) is 5.56 Å². The standard InChI is InChI=1S/C10H11N3O3S/c14-8-7(9(15)13-2-1-4-16-13)6-11-10-12(8)3-5-17-10/h6H,1-5H2. The molecule has 0 atom stereocenters. The predicted octanol–water partition coefficient (Wildman–Crippen LogP) is 0.127. The molecule has 17 heavy (non-hydrogen) atoms. The van der Waals surface area contributed by atoms with E-state index < -0.39 is 0 Å². The minimum Gasteiger partial charge on any atom is -0.286 e. The molecule has 6 nitrogen and oxygen atoms in total. The molecule has 0 saturated carbocycles. The normalized spacial score (nSPS) is 18.5. The molecule has 0 bridgehead atoms. The van der Waals surface area contributed by atoms with Crippen LogP contribution in [0.4, 0.5) is 0 Å². The Kier molecular flexibility index (Phi) is 2.64. The van der Waals surface area contributed by atoms with Crippen LogP contribution in [0.25, 0.3) is 0 Å². The Morgan fingerprint density at radius 1 is 1.47 bits per heavy atom. The summed E-state index contributed by atoms with van der Waals surface area (Å²) in [6.07, 6.45) is 2.16. The summed E-state index contributed by atoms with van der Waals surface area (Å²) in [6.45, 7) is 1.68. The minimum absolute atomic E-state index is 0.0955. The lowest BCUT2D eigenvalue weighted by molar-refractivity contribution is -0.0770. The van der Waals surface area contributed by atoms with E-state index in [9.17, 15) is 9.59 Å². The van der Waals surface area contributed by atoms with Crippen molar-refractivity contribution < 1.29 is 9.63 Å². The third-order valence-corrected chi connectivity index (χ3v) is 3.74. The van der Waals surface area contributed by atoms with Crippen molar-refractivity contribution in [2.24, 2.45) is 0 Å². The van der Waals surface area contributed by atoms with Crippen molar-refractivity contribution in [2.75, 3.05) is 18.9 Å². The first-order chi connectivity index (χ1) is 8.27. The van der Waals surface area contributed by atoms with E-state index in [4.69, 9.17) is 4.84 Å². The molecular weight excluding hydrogens is 242 g/mol. The molecular formula is C10H11N3O3S. The molecule has 7 heteroatoms. The van der Waals surface area contributed by atoms with Crippen LogP contribution >= 0.6 is 11.8 Å². The number of fused-ring (bicyclic) bond motifs is 1. The van der Waals surface area contributed by atoms with Crippen LogP contribution in [0.3, 0.4) is 0 Å². The molecule has 0 radical (unpaired) electrons. The van der Waals surface area contributed by atoms with E-state index >= 15 is 0 Å². The number of carbonyl (C=O) groups excluding carboxylic acids is 1. The number of aromatic nitrogens is 2. The number of hydrogen-bond acceptors (Lipinski definition) is 5. The summed E-state index contributed by atoms with van der Waals surface area (Å²) < 4.78 is 1.55. The highest BCUT2D eigenvalue weighted by atomic mass is 32.2. The molecule has 1 saturated heterocycles. The Morgan fingerprint density at radius 3 is 3.12 bits per heavy atom. The zero-order valence-electron chi connectivity index (χ0n) is 9.09. The molecule has 2 aliphatic rings. The van der Waals surface area contributed by atoms with Crippen molar-refractivity contribution in [2.45, 2.75) is 18.1 Å². The number of amides is 1. The van der Waals surface area contributed by atoms with E-state index in [2.05, 4.69) is 4.98 Å². The van der Waals surface area contributed by atoms with Gasteiger partial charge in [-0.3, -0.25) is 19.0 Å². The quantitative estimate of drug-likeness (QED) is 0.665. The highest BCUT2D eigenvalue weighted by Gasteiger charge is 2.26. The Bertz CT molecular complexity index is 522. The zero-order valence-corrected chi connectivity index (χ0v) is 9.90. The van der Waals surface area contributed by atoms with E-state index in [1.807, 2.05) is 0 Å². The summed E-state index contributed by atoms with van der Waals surface area (Å²) >= 11 is 1.53. The van der Waals surface area contributed by atoms with Crippen molar-refractivity contribution in [1.82, 2.24) is 14.6 Å². The number of thioether (sulfide) groups is 1. The van der Waals surface area contributed by atoms with Crippen LogP contribution in [0.1, 0.15) is 16.8 Å². The lowest BCUT2D eigenvalue weighted by atomic mass is 10.3. The van der Waals surface area contributed by atoms with Crippen molar-refractivity contribution in [1.29, 1.82) is 0 Å². The SMILES string of the molecule is O=C(c1cnc2n(c1=O)CCS2)N1CCCO1. The molecule has 1 aromatic heterocycles. The fourth-order valence-corrected chi connectivity index (χ4v) is 2.82. The molecule has 0 N–H and O–H groups in total. The second kappa shape index (κ2) is 4.15. The summed E-state index contributed by atoms with van der Waals surface area (Å²) in [6, 6.07) is 0. The number of nitrogens with zero attached hydrogens (tertiary/aromatic N) is 3. The van der Waals surface area contributed by atoms with E-state index in [0.29, 0.717) is 24.9 Å². The van der Waals surface area contributed by atoms with Gasteiger partial charge in [-0.15, -0.1) is 0 Å². The van der Waals surface area contributed by atoms with Crippen molar-refractivity contribution in [3.8, 4) is 0 Å². The summed E-state index contributed by atoms with van der Waals surface area (Å²) in [7, 11) is 0. The summed E-state index contributed by atoms with van der Waals surface area (Å²) in [5.74, 6) is 0.451. The van der Waals surface area contributed by atoms with E-state index in [1.54, 1.807) is 4.57 Å². The molecule has 3 rings (SSSR count). The first-order valence-corrected chi connectivity index (χ1v) is 6.43. The number of carbonyl (C=O) groups is 1. The number of hydrogen-bond donors (Lipinski definition) is 0. The molecule has 0 aromatic carbocycles. The van der Waals surface area contributed by atoms with Gasteiger partial charge in [-0.05, 0) is 6.42 Å². The largest absolute Gasteiger partial charge is 0.286 e. The molecule has 3 heterocycles. The Morgan fingerprint density at radius 2 is 2.35 bits per heavy atom. The summed E-state index contributed by atoms with van der Waals surface area (Å²) in [4.78, 5) is 33.4. The van der Waals surface area contributed by atoms with Gasteiger partial charge >= 0.3 is 0 Å². The number of rotatable bonds is 1. The van der Waals surface area contributed by atoms with E-state index in [1.165, 1.54) is 23.0 Å². The lowest BCUT2D eigenvalue weighted by Crippen LogP contribution is -2.34. The Hall–Kier alpha value is -1.34. The van der Waals surface area contributed by atoms with Gasteiger partial charge in [0.15, 0.2) is 5.16 Å². The minimum atomic E-state index is -0.382. The third-order valence-electron chi connectivity index (χ3n) is 2.77. The average molecular weight is 253 g/mol. The van der Waals surface area contributed by atoms with Gasteiger partial charge in [-0.1, -0.05) is 11.8 Å². The third kappa shape index (κ3) is 1.75. The Labute approximate surface area is 102 Å². The number of hydroxylamine groups is 2. The maximum absolute atomic E-state index is 12.1. The average Bonchev–Trinajstić information content (AvgIpc) is 3.00. The van der Waals surface area contributed by atoms with Crippen molar-refractivity contribution in [3.63, 3.8) is 0 Å². The maximum atomic E-state index is 12.1. The molecule has 1 fully saturated rings. The Balaban J connectivity index is 1.98. The first-order valence-electron chi connectivity index (χ1n) is 5.45. The van der Waals surface area contributed by atoms with Crippen molar-refractivity contribution >= 4 is 17.7 Å². The smallest absolute Gasteiger partial charge is 0.284 e. The van der Waals surface area contributed by atoms with E-state index in [0.717, 1.165) is 12.2 Å². The van der Waals surface area contributed by atoms with Crippen LogP contribution in [0, 0.1) is 0 Å². The van der Waals surface area contributed by atoms with Gasteiger partial charge < -0.3 is 0 Å². The van der Waals surface area contributed by atoms with Crippen molar-refractivity contribution in [3.05, 3.63) is 22.1 Å². The lowest BCUT2D eigenvalue weighted by Gasteiger charge is -2.13. The second-order valence-electron chi connectivity index (χ2n) is 3.85. The second-order valence-corrected chi connectivity index (χ2v) is 4.92. The van der Waals surface area contributed by atoms with Gasteiger partial charge in [0.05, 0.1) is 13.2 Å². The van der Waals surface area contributed by atoms with Gasteiger partial charge in [-0.25, -0.2) is 10.0 Å². The monoisotopic (exact) mass is 253 g/mol. The van der Waals surface area contributed by atoms with Gasteiger partial charge in [0.25, 0.3) is 11.5 Å². The maximum Gasteiger partial charge on any atom is 0.284 e. The van der Waals surface area contributed by atoms with E-state index in [-0.39, 0.29) is 17.0 Å². The molecule has 1 amide bonds. The highest BCUT2D eigenvalue weighted by molar-refractivity contribution is 7.99.